The van der Waals surface area contributed by atoms with Crippen LogP contribution in [0.4, 0.5) is 13.2 Å². The SMILES string of the molecule is O=C(/C=C/CNCCOc1ccc(/C(=C(/CC(F)(F)F)c2ccccc2)c2ccc3[nH]ncc3c2)cc1)N1CCCC1. The van der Waals surface area contributed by atoms with Gasteiger partial charge in [-0.1, -0.05) is 54.6 Å². The molecular weight excluding hydrogens is 541 g/mol. The second-order valence-corrected chi connectivity index (χ2v) is 10.2. The maximum Gasteiger partial charge on any atom is 0.393 e. The molecule has 2 N–H and O–H groups in total. The van der Waals surface area contributed by atoms with Crippen molar-refractivity contribution in [1.82, 2.24) is 20.4 Å². The molecule has 1 aromatic heterocycles. The molecule has 0 unspecified atom stereocenters. The average Bonchev–Trinajstić information content (AvgIpc) is 3.69. The van der Waals surface area contributed by atoms with E-state index < -0.39 is 12.6 Å². The number of allylic oxidation sites excluding steroid dienone is 1. The normalized spacial score (nSPS) is 14.5. The van der Waals surface area contributed by atoms with Gasteiger partial charge in [0, 0.05) is 37.6 Å². The number of alkyl halides is 3. The van der Waals surface area contributed by atoms with Gasteiger partial charge in [0.05, 0.1) is 18.1 Å². The van der Waals surface area contributed by atoms with Crippen LogP contribution >= 0.6 is 0 Å². The van der Waals surface area contributed by atoms with E-state index in [-0.39, 0.29) is 11.5 Å². The number of amides is 1. The Morgan fingerprint density at radius 1 is 0.976 bits per heavy atom. The largest absolute Gasteiger partial charge is 0.492 e. The van der Waals surface area contributed by atoms with E-state index in [1.54, 1.807) is 66.9 Å². The van der Waals surface area contributed by atoms with Crippen molar-refractivity contribution < 1.29 is 22.7 Å². The number of halogens is 3. The molecule has 0 bridgehead atoms. The lowest BCUT2D eigenvalue weighted by Gasteiger charge is -2.19. The maximum atomic E-state index is 13.9. The number of H-pyrrole nitrogens is 1. The summed E-state index contributed by atoms with van der Waals surface area (Å²) in [6.07, 6.45) is 1.74. The number of rotatable bonds is 11. The summed E-state index contributed by atoms with van der Waals surface area (Å²) in [5, 5.41) is 11.0. The molecule has 6 nitrogen and oxygen atoms in total. The van der Waals surface area contributed by atoms with Crippen LogP contribution in [0.5, 0.6) is 5.75 Å². The molecule has 1 amide bonds. The van der Waals surface area contributed by atoms with Crippen molar-refractivity contribution in [3.05, 3.63) is 108 Å². The average molecular weight is 575 g/mol. The second kappa shape index (κ2) is 13.5. The summed E-state index contributed by atoms with van der Waals surface area (Å²) in [6.45, 7) is 3.19. The molecule has 0 radical (unpaired) electrons. The number of likely N-dealkylation sites (tertiary alicyclic amines) is 1. The monoisotopic (exact) mass is 574 g/mol. The summed E-state index contributed by atoms with van der Waals surface area (Å²) < 4.78 is 47.6. The Morgan fingerprint density at radius 3 is 2.45 bits per heavy atom. The van der Waals surface area contributed by atoms with E-state index in [4.69, 9.17) is 4.74 Å². The number of carbonyl (C=O) groups is 1. The predicted octanol–water partition coefficient (Wildman–Crippen LogP) is 6.62. The van der Waals surface area contributed by atoms with E-state index in [0.29, 0.717) is 47.7 Å². The summed E-state index contributed by atoms with van der Waals surface area (Å²) in [6, 6.07) is 21.3. The van der Waals surface area contributed by atoms with Crippen molar-refractivity contribution >= 4 is 28.0 Å². The van der Waals surface area contributed by atoms with E-state index in [9.17, 15) is 18.0 Å². The minimum Gasteiger partial charge on any atom is -0.492 e. The summed E-state index contributed by atoms with van der Waals surface area (Å²) >= 11 is 0. The fourth-order valence-corrected chi connectivity index (χ4v) is 5.13. The van der Waals surface area contributed by atoms with Crippen molar-refractivity contribution in [3.8, 4) is 5.75 Å². The van der Waals surface area contributed by atoms with Crippen LogP contribution < -0.4 is 10.1 Å². The summed E-state index contributed by atoms with van der Waals surface area (Å²) in [4.78, 5) is 13.9. The van der Waals surface area contributed by atoms with Gasteiger partial charge in [-0.3, -0.25) is 9.89 Å². The number of fused-ring (bicyclic) bond motifs is 1. The third-order valence-corrected chi connectivity index (χ3v) is 7.16. The van der Waals surface area contributed by atoms with Crippen LogP contribution in [0, 0.1) is 0 Å². The van der Waals surface area contributed by atoms with Crippen molar-refractivity contribution in [3.63, 3.8) is 0 Å². The minimum atomic E-state index is -4.40. The predicted molar refractivity (Wildman–Crippen MR) is 159 cm³/mol. The zero-order chi connectivity index (χ0) is 29.4. The van der Waals surface area contributed by atoms with E-state index in [2.05, 4.69) is 15.5 Å². The van der Waals surface area contributed by atoms with E-state index in [0.717, 1.165) is 36.8 Å². The summed E-state index contributed by atoms with van der Waals surface area (Å²) in [5.74, 6) is 0.663. The standard InChI is InChI=1S/C33H33F3N4O2/c34-33(35,36)22-29(24-7-2-1-3-8-24)32(26-12-15-30-27(21-26)23-38-39-30)25-10-13-28(14-11-25)42-20-17-37-16-6-9-31(41)40-18-4-5-19-40/h1-3,6-15,21,23,37H,4-5,16-20,22H2,(H,38,39)/b9-6+,32-29+. The zero-order valence-corrected chi connectivity index (χ0v) is 23.2. The molecule has 2 heterocycles. The zero-order valence-electron chi connectivity index (χ0n) is 23.2. The van der Waals surface area contributed by atoms with Gasteiger partial charge in [0.25, 0.3) is 0 Å². The Kier molecular flexibility index (Phi) is 9.38. The Hall–Kier alpha value is -4.37. The van der Waals surface area contributed by atoms with Gasteiger partial charge in [-0.05, 0) is 64.9 Å². The quantitative estimate of drug-likeness (QED) is 0.120. The van der Waals surface area contributed by atoms with Crippen LogP contribution in [-0.2, 0) is 4.79 Å². The second-order valence-electron chi connectivity index (χ2n) is 10.2. The molecule has 42 heavy (non-hydrogen) atoms. The number of carbonyl (C=O) groups excluding carboxylic acids is 1. The van der Waals surface area contributed by atoms with Crippen LogP contribution in [0.15, 0.2) is 91.1 Å². The van der Waals surface area contributed by atoms with Crippen LogP contribution in [0.2, 0.25) is 0 Å². The first-order chi connectivity index (χ1) is 20.4. The molecule has 1 aliphatic rings. The number of benzene rings is 3. The molecule has 4 aromatic rings. The van der Waals surface area contributed by atoms with E-state index >= 15 is 0 Å². The van der Waals surface area contributed by atoms with Gasteiger partial charge in [-0.2, -0.15) is 18.3 Å². The van der Waals surface area contributed by atoms with Crippen molar-refractivity contribution in [1.29, 1.82) is 0 Å². The lowest BCUT2D eigenvalue weighted by Crippen LogP contribution is -2.26. The van der Waals surface area contributed by atoms with Gasteiger partial charge in [-0.15, -0.1) is 0 Å². The molecule has 218 valence electrons. The number of nitrogens with one attached hydrogen (secondary N) is 2. The number of hydrogen-bond donors (Lipinski definition) is 2. The topological polar surface area (TPSA) is 70.2 Å². The molecule has 5 rings (SSSR count). The third kappa shape index (κ3) is 7.67. The third-order valence-electron chi connectivity index (χ3n) is 7.16. The molecule has 0 saturated carbocycles. The molecule has 1 fully saturated rings. The first kappa shape index (κ1) is 29.1. The number of aromatic nitrogens is 2. The van der Waals surface area contributed by atoms with Crippen LogP contribution in [0.25, 0.3) is 22.0 Å². The Balaban J connectivity index is 1.31. The Labute approximate surface area is 242 Å². The lowest BCUT2D eigenvalue weighted by atomic mass is 9.87. The Bertz CT molecular complexity index is 1540. The van der Waals surface area contributed by atoms with Crippen LogP contribution in [0.3, 0.4) is 0 Å². The molecule has 1 aliphatic heterocycles. The number of nitrogens with zero attached hydrogens (tertiary/aromatic N) is 2. The smallest absolute Gasteiger partial charge is 0.393 e. The molecule has 0 atom stereocenters. The van der Waals surface area contributed by atoms with Crippen molar-refractivity contribution in [2.75, 3.05) is 32.8 Å². The molecule has 0 aliphatic carbocycles. The highest BCUT2D eigenvalue weighted by Crippen LogP contribution is 2.40. The van der Waals surface area contributed by atoms with Crippen LogP contribution in [-0.4, -0.2) is 60.0 Å². The molecule has 9 heteroatoms. The van der Waals surface area contributed by atoms with Gasteiger partial charge < -0.3 is 15.0 Å². The minimum absolute atomic E-state index is 0.0504. The maximum absolute atomic E-state index is 13.9. The highest BCUT2D eigenvalue weighted by Gasteiger charge is 2.31. The Morgan fingerprint density at radius 2 is 1.71 bits per heavy atom. The highest BCUT2D eigenvalue weighted by atomic mass is 19.4. The van der Waals surface area contributed by atoms with Gasteiger partial charge in [0.2, 0.25) is 5.91 Å². The van der Waals surface area contributed by atoms with Gasteiger partial charge in [0.15, 0.2) is 0 Å². The van der Waals surface area contributed by atoms with Gasteiger partial charge >= 0.3 is 6.18 Å². The highest BCUT2D eigenvalue weighted by molar-refractivity contribution is 6.00. The molecular formula is C33H33F3N4O2. The van der Waals surface area contributed by atoms with Gasteiger partial charge in [-0.25, -0.2) is 0 Å². The number of aromatic amines is 1. The fourth-order valence-electron chi connectivity index (χ4n) is 5.13. The summed E-state index contributed by atoms with van der Waals surface area (Å²) in [7, 11) is 0. The first-order valence-electron chi connectivity index (χ1n) is 14.1. The molecule has 0 spiro atoms. The lowest BCUT2D eigenvalue weighted by molar-refractivity contribution is -0.125. The van der Waals surface area contributed by atoms with Crippen LogP contribution in [0.1, 0.15) is 36.0 Å². The van der Waals surface area contributed by atoms with E-state index in [1.807, 2.05) is 29.2 Å². The molecule has 1 saturated heterocycles. The van der Waals surface area contributed by atoms with Crippen molar-refractivity contribution in [2.24, 2.45) is 0 Å². The summed E-state index contributed by atoms with van der Waals surface area (Å²) in [5.41, 5.74) is 3.34. The number of hydrogen-bond acceptors (Lipinski definition) is 4. The van der Waals surface area contributed by atoms with Gasteiger partial charge in [0.1, 0.15) is 12.4 Å². The van der Waals surface area contributed by atoms with Crippen molar-refractivity contribution in [2.45, 2.75) is 25.4 Å². The number of ether oxygens (including phenoxy) is 1. The van der Waals surface area contributed by atoms with E-state index in [1.165, 1.54) is 0 Å². The fraction of sp³-hybridized carbons (Fsp3) is 0.273. The first-order valence-corrected chi connectivity index (χ1v) is 14.1. The molecule has 3 aromatic carbocycles.